The number of hydrogen-bond acceptors (Lipinski definition) is 5. The van der Waals surface area contributed by atoms with Crippen LogP contribution in [0.3, 0.4) is 0 Å². The maximum atomic E-state index is 12.9. The Labute approximate surface area is 128 Å². The van der Waals surface area contributed by atoms with Gasteiger partial charge in [-0.05, 0) is 23.6 Å². The quantitative estimate of drug-likeness (QED) is 0.936. The van der Waals surface area contributed by atoms with Gasteiger partial charge in [0.25, 0.3) is 10.0 Å². The van der Waals surface area contributed by atoms with Gasteiger partial charge in [0.2, 0.25) is 0 Å². The maximum Gasteiger partial charge on any atom is 0.265 e. The second kappa shape index (κ2) is 5.32. The second-order valence-electron chi connectivity index (χ2n) is 4.85. The summed E-state index contributed by atoms with van der Waals surface area (Å²) in [6.45, 7) is 0.771. The number of thiophene rings is 1. The van der Waals surface area contributed by atoms with Gasteiger partial charge in [0, 0.05) is 13.6 Å². The van der Waals surface area contributed by atoms with Crippen molar-refractivity contribution >= 4 is 32.7 Å². The SMILES string of the molecule is CN1CCN(S(=O)(=O)c2ccsc2CO)c2ccccc21. The molecule has 2 heterocycles. The first-order valence-electron chi connectivity index (χ1n) is 6.56. The topological polar surface area (TPSA) is 60.9 Å². The molecule has 112 valence electrons. The van der Waals surface area contributed by atoms with Gasteiger partial charge in [-0.3, -0.25) is 4.31 Å². The summed E-state index contributed by atoms with van der Waals surface area (Å²) in [7, 11) is -1.69. The van der Waals surface area contributed by atoms with Crippen LogP contribution < -0.4 is 9.21 Å². The van der Waals surface area contributed by atoms with Crippen molar-refractivity contribution in [3.63, 3.8) is 0 Å². The first kappa shape index (κ1) is 14.4. The molecule has 1 aliphatic rings. The summed E-state index contributed by atoms with van der Waals surface area (Å²) in [4.78, 5) is 2.72. The van der Waals surface area contributed by atoms with Crippen LogP contribution >= 0.6 is 11.3 Å². The normalized spacial score (nSPS) is 15.1. The fraction of sp³-hybridized carbons (Fsp3) is 0.286. The third-order valence-electron chi connectivity index (χ3n) is 3.62. The van der Waals surface area contributed by atoms with E-state index < -0.39 is 10.0 Å². The Morgan fingerprint density at radius 1 is 1.19 bits per heavy atom. The minimum atomic E-state index is -3.64. The molecule has 1 aromatic heterocycles. The molecule has 21 heavy (non-hydrogen) atoms. The molecule has 3 rings (SSSR count). The molecular formula is C14H16N2O3S2. The van der Waals surface area contributed by atoms with E-state index in [0.717, 1.165) is 5.69 Å². The van der Waals surface area contributed by atoms with Crippen molar-refractivity contribution in [1.82, 2.24) is 0 Å². The molecule has 0 spiro atoms. The smallest absolute Gasteiger partial charge is 0.265 e. The van der Waals surface area contributed by atoms with E-state index in [0.29, 0.717) is 23.7 Å². The summed E-state index contributed by atoms with van der Waals surface area (Å²) < 4.78 is 27.2. The zero-order valence-corrected chi connectivity index (χ0v) is 13.2. The first-order valence-corrected chi connectivity index (χ1v) is 8.88. The van der Waals surface area contributed by atoms with Gasteiger partial charge in [-0.25, -0.2) is 8.42 Å². The van der Waals surface area contributed by atoms with E-state index >= 15 is 0 Å². The fourth-order valence-electron chi connectivity index (χ4n) is 2.52. The lowest BCUT2D eigenvalue weighted by Crippen LogP contribution is -2.42. The summed E-state index contributed by atoms with van der Waals surface area (Å²) in [5.74, 6) is 0. The molecule has 0 fully saturated rings. The van der Waals surface area contributed by atoms with Crippen molar-refractivity contribution in [3.05, 3.63) is 40.6 Å². The van der Waals surface area contributed by atoms with E-state index in [1.54, 1.807) is 11.4 Å². The molecule has 0 saturated heterocycles. The van der Waals surface area contributed by atoms with E-state index in [2.05, 4.69) is 0 Å². The lowest BCUT2D eigenvalue weighted by atomic mass is 10.2. The number of fused-ring (bicyclic) bond motifs is 1. The molecule has 0 bridgehead atoms. The largest absolute Gasteiger partial charge is 0.391 e. The number of nitrogens with zero attached hydrogens (tertiary/aromatic N) is 2. The van der Waals surface area contributed by atoms with Crippen LogP contribution in [0.15, 0.2) is 40.6 Å². The Kier molecular flexibility index (Phi) is 3.64. The van der Waals surface area contributed by atoms with Crippen LogP contribution in [-0.4, -0.2) is 33.7 Å². The Balaban J connectivity index is 2.11. The molecule has 0 amide bonds. The van der Waals surface area contributed by atoms with E-state index in [1.807, 2.05) is 36.2 Å². The van der Waals surface area contributed by atoms with Crippen molar-refractivity contribution in [2.45, 2.75) is 11.5 Å². The average molecular weight is 324 g/mol. The van der Waals surface area contributed by atoms with Crippen LogP contribution in [0.1, 0.15) is 4.88 Å². The lowest BCUT2D eigenvalue weighted by molar-refractivity contribution is 0.282. The summed E-state index contributed by atoms with van der Waals surface area (Å²) in [5.41, 5.74) is 1.58. The number of hydrogen-bond donors (Lipinski definition) is 1. The molecule has 0 unspecified atom stereocenters. The van der Waals surface area contributed by atoms with E-state index in [9.17, 15) is 13.5 Å². The van der Waals surface area contributed by atoms with Gasteiger partial charge in [-0.15, -0.1) is 11.3 Å². The highest BCUT2D eigenvalue weighted by Crippen LogP contribution is 2.36. The molecule has 2 aromatic rings. The Bertz CT molecular complexity index is 755. The third kappa shape index (κ3) is 2.31. The molecule has 0 atom stereocenters. The highest BCUT2D eigenvalue weighted by Gasteiger charge is 2.32. The summed E-state index contributed by atoms with van der Waals surface area (Å²) in [6.07, 6.45) is 0. The molecule has 0 aliphatic carbocycles. The van der Waals surface area contributed by atoms with E-state index in [-0.39, 0.29) is 11.5 Å². The Morgan fingerprint density at radius 2 is 1.90 bits per heavy atom. The van der Waals surface area contributed by atoms with Gasteiger partial charge in [-0.1, -0.05) is 12.1 Å². The number of likely N-dealkylation sites (N-methyl/N-ethyl adjacent to an activating group) is 1. The molecule has 0 saturated carbocycles. The zero-order valence-electron chi connectivity index (χ0n) is 11.6. The van der Waals surface area contributed by atoms with E-state index in [1.165, 1.54) is 15.6 Å². The number of rotatable bonds is 3. The third-order valence-corrected chi connectivity index (χ3v) is 6.55. The highest BCUT2D eigenvalue weighted by molar-refractivity contribution is 7.93. The Hall–Kier alpha value is -1.57. The number of sulfonamides is 1. The summed E-state index contributed by atoms with van der Waals surface area (Å²) in [5, 5.41) is 11.0. The number of aliphatic hydroxyl groups excluding tert-OH is 1. The zero-order chi connectivity index (χ0) is 15.0. The van der Waals surface area contributed by atoms with Gasteiger partial charge >= 0.3 is 0 Å². The molecule has 1 N–H and O–H groups in total. The fourth-order valence-corrected chi connectivity index (χ4v) is 5.26. The number of benzene rings is 1. The van der Waals surface area contributed by atoms with Crippen LogP contribution in [0.5, 0.6) is 0 Å². The monoisotopic (exact) mass is 324 g/mol. The predicted octanol–water partition coefficient (Wildman–Crippen LogP) is 1.89. The van der Waals surface area contributed by atoms with Crippen LogP contribution in [-0.2, 0) is 16.6 Å². The van der Waals surface area contributed by atoms with Crippen molar-refractivity contribution in [2.75, 3.05) is 29.3 Å². The van der Waals surface area contributed by atoms with Crippen molar-refractivity contribution in [1.29, 1.82) is 0 Å². The number of para-hydroxylation sites is 2. The molecular weight excluding hydrogens is 308 g/mol. The standard InChI is InChI=1S/C14H16N2O3S2/c1-15-7-8-16(12-5-3-2-4-11(12)15)21(18,19)14-6-9-20-13(14)10-17/h2-6,9,17H,7-8,10H2,1H3. The molecule has 5 nitrogen and oxygen atoms in total. The van der Waals surface area contributed by atoms with Crippen molar-refractivity contribution in [2.24, 2.45) is 0 Å². The first-order chi connectivity index (χ1) is 10.1. The predicted molar refractivity (Wildman–Crippen MR) is 84.5 cm³/mol. The van der Waals surface area contributed by atoms with Crippen molar-refractivity contribution < 1.29 is 13.5 Å². The summed E-state index contributed by atoms with van der Waals surface area (Å²) in [6, 6.07) is 9.02. The van der Waals surface area contributed by atoms with Gasteiger partial charge in [0.15, 0.2) is 0 Å². The number of aliphatic hydroxyl groups is 1. The lowest BCUT2D eigenvalue weighted by Gasteiger charge is -2.36. The van der Waals surface area contributed by atoms with Crippen LogP contribution in [0.4, 0.5) is 11.4 Å². The van der Waals surface area contributed by atoms with Gasteiger partial charge in [0.1, 0.15) is 4.90 Å². The van der Waals surface area contributed by atoms with Gasteiger partial charge in [0.05, 0.1) is 29.4 Å². The second-order valence-corrected chi connectivity index (χ2v) is 7.68. The molecule has 7 heteroatoms. The van der Waals surface area contributed by atoms with Crippen LogP contribution in [0.2, 0.25) is 0 Å². The Morgan fingerprint density at radius 3 is 2.62 bits per heavy atom. The number of anilines is 2. The molecule has 0 radical (unpaired) electrons. The van der Waals surface area contributed by atoms with Gasteiger partial charge in [-0.2, -0.15) is 0 Å². The van der Waals surface area contributed by atoms with Crippen LogP contribution in [0.25, 0.3) is 0 Å². The van der Waals surface area contributed by atoms with E-state index in [4.69, 9.17) is 0 Å². The van der Waals surface area contributed by atoms with Crippen LogP contribution in [0, 0.1) is 0 Å². The van der Waals surface area contributed by atoms with Crippen molar-refractivity contribution in [3.8, 4) is 0 Å². The maximum absolute atomic E-state index is 12.9. The summed E-state index contributed by atoms with van der Waals surface area (Å²) >= 11 is 1.26. The molecule has 1 aliphatic heterocycles. The molecule has 1 aromatic carbocycles. The average Bonchev–Trinajstić information content (AvgIpc) is 2.97. The minimum Gasteiger partial charge on any atom is -0.391 e. The highest BCUT2D eigenvalue weighted by atomic mass is 32.2. The van der Waals surface area contributed by atoms with Gasteiger partial charge < -0.3 is 10.0 Å². The minimum absolute atomic E-state index is 0.203.